The van der Waals surface area contributed by atoms with Crippen LogP contribution in [0.1, 0.15) is 13.8 Å². The third-order valence-corrected chi connectivity index (χ3v) is 3.53. The number of allylic oxidation sites excluding steroid dienone is 1. The highest BCUT2D eigenvalue weighted by molar-refractivity contribution is 6.82. The summed E-state index contributed by atoms with van der Waals surface area (Å²) in [6, 6.07) is 18.7. The van der Waals surface area contributed by atoms with Gasteiger partial charge in [0.1, 0.15) is 0 Å². The fourth-order valence-electron chi connectivity index (χ4n) is 2.09. The molecule has 0 aromatic heterocycles. The molecule has 3 radical (unpaired) electrons. The smallest absolute Gasteiger partial charge is 0.140 e. The zero-order valence-electron chi connectivity index (χ0n) is 13.4. The van der Waals surface area contributed by atoms with Crippen molar-refractivity contribution in [2.75, 3.05) is 0 Å². The van der Waals surface area contributed by atoms with E-state index in [4.69, 9.17) is 0 Å². The van der Waals surface area contributed by atoms with Gasteiger partial charge in [0.25, 0.3) is 0 Å². The Morgan fingerprint density at radius 2 is 1.18 bits per heavy atom. The van der Waals surface area contributed by atoms with Crippen molar-refractivity contribution in [2.45, 2.75) is 13.8 Å². The van der Waals surface area contributed by atoms with Crippen molar-refractivity contribution >= 4 is 38.2 Å². The summed E-state index contributed by atoms with van der Waals surface area (Å²) in [6.07, 6.45) is 0. The lowest BCUT2D eigenvalue weighted by Crippen LogP contribution is -2.27. The van der Waals surface area contributed by atoms with Crippen molar-refractivity contribution in [1.29, 1.82) is 0 Å². The van der Waals surface area contributed by atoms with Crippen LogP contribution in [0.15, 0.2) is 78.6 Å². The Hall–Kier alpha value is -1.89. The fraction of sp³-hybridized carbons (Fsp3) is 0.158. The third-order valence-electron chi connectivity index (χ3n) is 3.53. The topological polar surface area (TPSA) is 0 Å². The fourth-order valence-corrected chi connectivity index (χ4v) is 2.09. The Balaban J connectivity index is 1.91. The summed E-state index contributed by atoms with van der Waals surface area (Å²) in [5, 5.41) is 0.995. The van der Waals surface area contributed by atoms with E-state index in [1.54, 1.807) is 0 Å². The van der Waals surface area contributed by atoms with Gasteiger partial charge < -0.3 is 0 Å². The molecule has 0 aliphatic heterocycles. The van der Waals surface area contributed by atoms with Crippen molar-refractivity contribution in [3.63, 3.8) is 0 Å². The van der Waals surface area contributed by atoms with Crippen LogP contribution in [0.3, 0.4) is 0 Å². The van der Waals surface area contributed by atoms with E-state index in [0.717, 1.165) is 16.3 Å². The van der Waals surface area contributed by atoms with E-state index in [2.05, 4.69) is 85.2 Å². The monoisotopic (exact) mass is 281 g/mol. The van der Waals surface area contributed by atoms with Crippen LogP contribution in [0.25, 0.3) is 0 Å². The van der Waals surface area contributed by atoms with E-state index in [-0.39, 0.29) is 0 Å². The molecule has 0 unspecified atom stereocenters. The van der Waals surface area contributed by atoms with Gasteiger partial charge in [-0.1, -0.05) is 84.8 Å². The Bertz CT molecular complexity index is 627. The molecule has 2 rings (SSSR count). The summed E-state index contributed by atoms with van der Waals surface area (Å²) in [7, 11) is 6.31. The van der Waals surface area contributed by atoms with E-state index in [0.29, 0.717) is 5.92 Å². The van der Waals surface area contributed by atoms with E-state index in [1.165, 1.54) is 10.9 Å². The Morgan fingerprint density at radius 1 is 0.727 bits per heavy atom. The second kappa shape index (κ2) is 7.94. The minimum absolute atomic E-state index is 0.478. The summed E-state index contributed by atoms with van der Waals surface area (Å²) < 4.78 is 0. The average molecular weight is 281 g/mol. The van der Waals surface area contributed by atoms with Crippen molar-refractivity contribution in [3.8, 4) is 0 Å². The summed E-state index contributed by atoms with van der Waals surface area (Å²) in [4.78, 5) is 0. The molecule has 0 aliphatic rings. The minimum atomic E-state index is 0.478. The van der Waals surface area contributed by atoms with E-state index in [9.17, 15) is 0 Å². The van der Waals surface area contributed by atoms with Crippen LogP contribution in [-0.2, 0) is 0 Å². The van der Waals surface area contributed by atoms with Crippen LogP contribution in [0.5, 0.6) is 0 Å². The van der Waals surface area contributed by atoms with Gasteiger partial charge in [-0.15, -0.1) is 24.0 Å². The summed E-state index contributed by atoms with van der Waals surface area (Å²) in [5.74, 6) is 0.478. The molecule has 0 heterocycles. The van der Waals surface area contributed by atoms with Gasteiger partial charge in [0.05, 0.1) is 0 Å². The van der Waals surface area contributed by atoms with Gasteiger partial charge in [0.2, 0.25) is 0 Å². The lowest BCUT2D eigenvalue weighted by molar-refractivity contribution is 0.814. The lowest BCUT2D eigenvalue weighted by Gasteiger charge is -2.09. The van der Waals surface area contributed by atoms with Gasteiger partial charge in [0, 0.05) is 0 Å². The quantitative estimate of drug-likeness (QED) is 0.681. The van der Waals surface area contributed by atoms with Gasteiger partial charge in [-0.05, 0) is 5.92 Å². The zero-order valence-corrected chi connectivity index (χ0v) is 13.4. The molecule has 0 spiro atoms. The Kier molecular flexibility index (Phi) is 5.95. The molecule has 0 saturated carbocycles. The molecule has 2 aromatic rings. The second-order valence-corrected chi connectivity index (χ2v) is 5.81. The first-order valence-electron chi connectivity index (χ1n) is 7.61. The first-order chi connectivity index (χ1) is 10.5. The summed E-state index contributed by atoms with van der Waals surface area (Å²) in [6.45, 7) is 12.5. The van der Waals surface area contributed by atoms with Crippen LogP contribution >= 0.6 is 0 Å². The molecule has 0 amide bonds. The van der Waals surface area contributed by atoms with Crippen molar-refractivity contribution < 1.29 is 0 Å². The van der Waals surface area contributed by atoms with Gasteiger partial charge in [0.15, 0.2) is 21.8 Å². The SMILES string of the molecule is C=C([B]c1ccccc1)[B]c1ccc([B]C(=C)C(C)C)cc1. The number of hydrogen-bond donors (Lipinski definition) is 0. The molecule has 22 heavy (non-hydrogen) atoms. The number of hydrogen-bond acceptors (Lipinski definition) is 0. The number of benzene rings is 2. The van der Waals surface area contributed by atoms with Crippen LogP contribution in [0.2, 0.25) is 0 Å². The first kappa shape index (κ1) is 16.5. The molecule has 3 heteroatoms. The van der Waals surface area contributed by atoms with E-state index >= 15 is 0 Å². The molecule has 2 aromatic carbocycles. The van der Waals surface area contributed by atoms with Crippen molar-refractivity contribution in [2.24, 2.45) is 5.92 Å². The molecule has 0 bridgehead atoms. The molecule has 0 atom stereocenters. The average Bonchev–Trinajstić information content (AvgIpc) is 2.50. The van der Waals surface area contributed by atoms with Gasteiger partial charge in [-0.25, -0.2) is 0 Å². The van der Waals surface area contributed by atoms with Gasteiger partial charge in [-0.3, -0.25) is 0 Å². The zero-order chi connectivity index (χ0) is 15.9. The molecule has 0 nitrogen and oxygen atoms in total. The molecule has 0 N–H and O–H groups in total. The molecular weight excluding hydrogens is 261 g/mol. The normalized spacial score (nSPS) is 10.1. The predicted molar refractivity (Wildman–Crippen MR) is 102 cm³/mol. The number of rotatable bonds is 7. The predicted octanol–water partition coefficient (Wildman–Crippen LogP) is 2.02. The van der Waals surface area contributed by atoms with Gasteiger partial charge >= 0.3 is 0 Å². The van der Waals surface area contributed by atoms with Crippen LogP contribution < -0.4 is 16.4 Å². The highest BCUT2D eigenvalue weighted by Crippen LogP contribution is 2.03. The lowest BCUT2D eigenvalue weighted by atomic mass is 9.45. The third kappa shape index (κ3) is 5.14. The highest BCUT2D eigenvalue weighted by atomic mass is 13.9. The summed E-state index contributed by atoms with van der Waals surface area (Å²) in [5.41, 5.74) is 4.67. The molecule has 105 valence electrons. The Labute approximate surface area is 137 Å². The molecule has 0 saturated heterocycles. The van der Waals surface area contributed by atoms with Crippen molar-refractivity contribution in [3.05, 3.63) is 78.6 Å². The second-order valence-electron chi connectivity index (χ2n) is 5.81. The highest BCUT2D eigenvalue weighted by Gasteiger charge is 2.06. The molecule has 0 aliphatic carbocycles. The van der Waals surface area contributed by atoms with E-state index in [1.807, 2.05) is 18.2 Å². The van der Waals surface area contributed by atoms with Crippen LogP contribution in [-0.4, -0.2) is 21.8 Å². The maximum Gasteiger partial charge on any atom is 0.185 e. The standard InChI is InChI=1S/C19H20B3/c1-14(2)15(3)20-18-10-12-19(13-11-18)22-16(4)21-17-8-6-5-7-9-17/h5-14H,3-4H2,1-2H3. The minimum Gasteiger partial charge on any atom is -0.140 e. The largest absolute Gasteiger partial charge is 0.185 e. The maximum absolute atomic E-state index is 4.11. The maximum atomic E-state index is 4.11. The van der Waals surface area contributed by atoms with Crippen LogP contribution in [0.4, 0.5) is 0 Å². The summed E-state index contributed by atoms with van der Waals surface area (Å²) >= 11 is 0. The molecular formula is C19H20B3. The van der Waals surface area contributed by atoms with E-state index < -0.39 is 0 Å². The van der Waals surface area contributed by atoms with Gasteiger partial charge in [-0.2, -0.15) is 0 Å². The van der Waals surface area contributed by atoms with Crippen molar-refractivity contribution in [1.82, 2.24) is 0 Å². The molecule has 0 fully saturated rings. The first-order valence-corrected chi connectivity index (χ1v) is 7.61. The Morgan fingerprint density at radius 3 is 1.68 bits per heavy atom. The van der Waals surface area contributed by atoms with Crippen LogP contribution in [0, 0.1) is 5.92 Å².